The number of hydrogen-bond acceptors (Lipinski definition) is 5. The number of esters is 1. The first-order valence-electron chi connectivity index (χ1n) is 4.77. The number of rotatable bonds is 5. The zero-order valence-electron chi connectivity index (χ0n) is 9.31. The quantitative estimate of drug-likeness (QED) is 0.348. The highest BCUT2D eigenvalue weighted by Gasteiger charge is 2.25. The molecular weight excluding hydrogens is 252 g/mol. The molecule has 6 nitrogen and oxygen atoms in total. The van der Waals surface area contributed by atoms with Crippen molar-refractivity contribution in [3.05, 3.63) is 39.4 Å². The second-order valence-electron chi connectivity index (χ2n) is 3.17. The van der Waals surface area contributed by atoms with Crippen LogP contribution >= 0.6 is 0 Å². The molecule has 0 N–H and O–H groups in total. The van der Waals surface area contributed by atoms with Crippen molar-refractivity contribution in [1.29, 1.82) is 0 Å². The van der Waals surface area contributed by atoms with E-state index in [0.717, 1.165) is 0 Å². The van der Waals surface area contributed by atoms with Crippen molar-refractivity contribution >= 4 is 11.7 Å². The summed E-state index contributed by atoms with van der Waals surface area (Å²) in [4.78, 5) is 20.7. The summed E-state index contributed by atoms with van der Waals surface area (Å²) in [7, 11) is 1.36. The maximum Gasteiger partial charge on any atom is 0.341 e. The molecule has 18 heavy (non-hydrogen) atoms. The molecule has 0 fully saturated rings. The molecule has 0 saturated heterocycles. The predicted molar refractivity (Wildman–Crippen MR) is 55.2 cm³/mol. The summed E-state index contributed by atoms with van der Waals surface area (Å²) in [5.74, 6) is -3.71. The molecular formula is C10H9F2NO5. The van der Waals surface area contributed by atoms with Gasteiger partial charge >= 0.3 is 11.7 Å². The van der Waals surface area contributed by atoms with E-state index in [1.807, 2.05) is 0 Å². The van der Waals surface area contributed by atoms with Gasteiger partial charge < -0.3 is 9.47 Å². The third-order valence-corrected chi connectivity index (χ3v) is 1.96. The van der Waals surface area contributed by atoms with E-state index in [0.29, 0.717) is 12.1 Å². The van der Waals surface area contributed by atoms with Gasteiger partial charge in [0.1, 0.15) is 18.0 Å². The molecule has 0 spiro atoms. The molecule has 0 unspecified atom stereocenters. The van der Waals surface area contributed by atoms with Gasteiger partial charge in [0.05, 0.1) is 17.6 Å². The normalized spacial score (nSPS) is 10.2. The summed E-state index contributed by atoms with van der Waals surface area (Å²) in [5.41, 5.74) is -1.94. The van der Waals surface area contributed by atoms with Crippen molar-refractivity contribution < 1.29 is 28.0 Å². The van der Waals surface area contributed by atoms with E-state index >= 15 is 0 Å². The average Bonchev–Trinajstić information content (AvgIpc) is 2.31. The van der Waals surface area contributed by atoms with E-state index < -0.39 is 33.8 Å². The van der Waals surface area contributed by atoms with Crippen LogP contribution < -0.4 is 0 Å². The molecule has 1 rings (SSSR count). The maximum absolute atomic E-state index is 13.5. The number of halogens is 2. The molecule has 0 amide bonds. The minimum Gasteiger partial charge on any atom is -0.460 e. The van der Waals surface area contributed by atoms with Crippen LogP contribution in [0.1, 0.15) is 10.4 Å². The zero-order valence-corrected chi connectivity index (χ0v) is 9.31. The molecule has 1 aromatic carbocycles. The number of nitro groups is 1. The first kappa shape index (κ1) is 14.0. The Balaban J connectivity index is 3.01. The average molecular weight is 261 g/mol. The second kappa shape index (κ2) is 6.01. The van der Waals surface area contributed by atoms with Gasteiger partial charge in [0.2, 0.25) is 5.82 Å². The van der Waals surface area contributed by atoms with Gasteiger partial charge in [-0.15, -0.1) is 0 Å². The molecule has 1 aromatic rings. The van der Waals surface area contributed by atoms with Crippen LogP contribution in [0.4, 0.5) is 14.5 Å². The van der Waals surface area contributed by atoms with Gasteiger partial charge in [-0.05, 0) is 6.07 Å². The number of carbonyl (C=O) groups is 1. The van der Waals surface area contributed by atoms with Gasteiger partial charge in [0, 0.05) is 7.11 Å². The van der Waals surface area contributed by atoms with Gasteiger partial charge in [-0.25, -0.2) is 9.18 Å². The van der Waals surface area contributed by atoms with Crippen molar-refractivity contribution in [3.63, 3.8) is 0 Å². The zero-order chi connectivity index (χ0) is 13.7. The topological polar surface area (TPSA) is 78.7 Å². The lowest BCUT2D eigenvalue weighted by molar-refractivity contribution is -0.387. The van der Waals surface area contributed by atoms with Crippen LogP contribution in [0, 0.1) is 21.7 Å². The lowest BCUT2D eigenvalue weighted by atomic mass is 10.2. The summed E-state index contributed by atoms with van der Waals surface area (Å²) in [6.07, 6.45) is 0. The standard InChI is InChI=1S/C10H9F2NO5/c1-17-2-3-18-10(14)7-4-6(11)5-8(9(7)12)13(15)16/h4-5H,2-3H2,1H3. The highest BCUT2D eigenvalue weighted by atomic mass is 19.1. The molecule has 8 heteroatoms. The van der Waals surface area contributed by atoms with E-state index in [2.05, 4.69) is 9.47 Å². The van der Waals surface area contributed by atoms with Gasteiger partial charge in [-0.3, -0.25) is 10.1 Å². The SMILES string of the molecule is COCCOC(=O)c1cc(F)cc([N+](=O)[O-])c1F. The second-order valence-corrected chi connectivity index (χ2v) is 3.17. The van der Waals surface area contributed by atoms with Crippen molar-refractivity contribution in [2.45, 2.75) is 0 Å². The fourth-order valence-corrected chi connectivity index (χ4v) is 1.15. The Morgan fingerprint density at radius 3 is 2.61 bits per heavy atom. The lowest BCUT2D eigenvalue weighted by Crippen LogP contribution is -2.13. The van der Waals surface area contributed by atoms with Gasteiger partial charge in [-0.2, -0.15) is 4.39 Å². The number of hydrogen-bond donors (Lipinski definition) is 0. The number of benzene rings is 1. The van der Waals surface area contributed by atoms with Crippen LogP contribution in [0.25, 0.3) is 0 Å². The van der Waals surface area contributed by atoms with Gasteiger partial charge in [-0.1, -0.05) is 0 Å². The molecule has 0 atom stereocenters. The van der Waals surface area contributed by atoms with Crippen LogP contribution in [0.3, 0.4) is 0 Å². The Morgan fingerprint density at radius 2 is 2.06 bits per heavy atom. The van der Waals surface area contributed by atoms with Crippen LogP contribution in [-0.4, -0.2) is 31.2 Å². The summed E-state index contributed by atoms with van der Waals surface area (Å²) < 4.78 is 35.7. The van der Waals surface area contributed by atoms with E-state index in [4.69, 9.17) is 0 Å². The smallest absolute Gasteiger partial charge is 0.341 e. The van der Waals surface area contributed by atoms with Gasteiger partial charge in [0.25, 0.3) is 0 Å². The number of carbonyl (C=O) groups excluding carboxylic acids is 1. The first-order chi connectivity index (χ1) is 8.47. The Kier molecular flexibility index (Phi) is 4.67. The van der Waals surface area contributed by atoms with Crippen LogP contribution in [-0.2, 0) is 9.47 Å². The molecule has 0 heterocycles. The minimum atomic E-state index is -1.43. The third-order valence-electron chi connectivity index (χ3n) is 1.96. The van der Waals surface area contributed by atoms with Crippen molar-refractivity contribution in [2.75, 3.05) is 20.3 Å². The Morgan fingerprint density at radius 1 is 1.39 bits per heavy atom. The molecule has 0 aliphatic carbocycles. The first-order valence-corrected chi connectivity index (χ1v) is 4.77. The Bertz CT molecular complexity index is 478. The third kappa shape index (κ3) is 3.20. The number of nitrogens with zero attached hydrogens (tertiary/aromatic N) is 1. The lowest BCUT2D eigenvalue weighted by Gasteiger charge is -2.05. The highest BCUT2D eigenvalue weighted by Crippen LogP contribution is 2.22. The summed E-state index contributed by atoms with van der Waals surface area (Å²) >= 11 is 0. The predicted octanol–water partition coefficient (Wildman–Crippen LogP) is 1.68. The van der Waals surface area contributed by atoms with E-state index in [1.54, 1.807) is 0 Å². The van der Waals surface area contributed by atoms with E-state index in [9.17, 15) is 23.7 Å². The fraction of sp³-hybridized carbons (Fsp3) is 0.300. The van der Waals surface area contributed by atoms with E-state index in [-0.39, 0.29) is 13.2 Å². The number of nitro benzene ring substituents is 1. The Labute approximate surface area is 100 Å². The molecule has 0 aromatic heterocycles. The largest absolute Gasteiger partial charge is 0.460 e. The molecule has 0 bridgehead atoms. The highest BCUT2D eigenvalue weighted by molar-refractivity contribution is 5.90. The molecule has 0 aliphatic heterocycles. The van der Waals surface area contributed by atoms with Crippen molar-refractivity contribution in [1.82, 2.24) is 0 Å². The molecule has 0 aliphatic rings. The molecule has 98 valence electrons. The van der Waals surface area contributed by atoms with Crippen LogP contribution in [0.5, 0.6) is 0 Å². The minimum absolute atomic E-state index is 0.0742. The number of methoxy groups -OCH3 is 1. The summed E-state index contributed by atoms with van der Waals surface area (Å²) in [5, 5.41) is 10.4. The van der Waals surface area contributed by atoms with Gasteiger partial charge in [0.15, 0.2) is 0 Å². The van der Waals surface area contributed by atoms with Crippen molar-refractivity contribution in [2.24, 2.45) is 0 Å². The van der Waals surface area contributed by atoms with Crippen LogP contribution in [0.15, 0.2) is 12.1 Å². The maximum atomic E-state index is 13.5. The Hall–Kier alpha value is -2.09. The monoisotopic (exact) mass is 261 g/mol. The van der Waals surface area contributed by atoms with Crippen LogP contribution in [0.2, 0.25) is 0 Å². The van der Waals surface area contributed by atoms with E-state index in [1.165, 1.54) is 7.11 Å². The van der Waals surface area contributed by atoms with Crippen molar-refractivity contribution in [3.8, 4) is 0 Å². The molecule has 0 radical (unpaired) electrons. The summed E-state index contributed by atoms with van der Waals surface area (Å²) in [6, 6.07) is 0.929. The fourth-order valence-electron chi connectivity index (χ4n) is 1.15. The number of ether oxygens (including phenoxy) is 2. The molecule has 0 saturated carbocycles. The summed E-state index contributed by atoms with van der Waals surface area (Å²) in [6.45, 7) is -0.0934.